The summed E-state index contributed by atoms with van der Waals surface area (Å²) in [6.07, 6.45) is 1.19. The normalized spacial score (nSPS) is 20.9. The van der Waals surface area contributed by atoms with Crippen LogP contribution in [0.2, 0.25) is 0 Å². The zero-order valence-corrected chi connectivity index (χ0v) is 24.9. The van der Waals surface area contributed by atoms with E-state index in [0.29, 0.717) is 17.6 Å². The number of ether oxygens (including phenoxy) is 4. The predicted molar refractivity (Wildman–Crippen MR) is 151 cm³/mol. The van der Waals surface area contributed by atoms with Crippen LogP contribution in [-0.2, 0) is 43.0 Å². The number of aliphatic hydroxyl groups excluding tert-OH is 3. The van der Waals surface area contributed by atoms with Crippen molar-refractivity contribution < 1.29 is 62.8 Å². The lowest BCUT2D eigenvalue weighted by atomic mass is 10.0. The van der Waals surface area contributed by atoms with Crippen LogP contribution in [0.3, 0.4) is 0 Å². The summed E-state index contributed by atoms with van der Waals surface area (Å²) in [5, 5.41) is 34.4. The van der Waals surface area contributed by atoms with Crippen molar-refractivity contribution in [2.75, 3.05) is 45.3 Å². The van der Waals surface area contributed by atoms with E-state index in [1.165, 1.54) is 13.0 Å². The quantitative estimate of drug-likeness (QED) is 0.0213. The Kier molecular flexibility index (Phi) is 19.9. The fourth-order valence-electron chi connectivity index (χ4n) is 3.32. The summed E-state index contributed by atoms with van der Waals surface area (Å²) >= 11 is 0.529. The lowest BCUT2D eigenvalue weighted by molar-refractivity contribution is -0.241. The number of hydroxylamine groups is 1. The van der Waals surface area contributed by atoms with Gasteiger partial charge in [-0.15, -0.1) is 0 Å². The summed E-state index contributed by atoms with van der Waals surface area (Å²) in [5.74, 6) is -1.82. The van der Waals surface area contributed by atoms with Crippen LogP contribution in [-0.4, -0.2) is 113 Å². The van der Waals surface area contributed by atoms with E-state index in [1.54, 1.807) is 19.1 Å². The molecule has 0 aromatic heterocycles. The van der Waals surface area contributed by atoms with Crippen molar-refractivity contribution in [1.82, 2.24) is 16.1 Å². The maximum Gasteiger partial charge on any atom is 0.325 e. The Balaban J connectivity index is 2.63. The molecular weight excluding hydrogens is 594 g/mol. The van der Waals surface area contributed by atoms with Crippen LogP contribution >= 0.6 is 12.0 Å². The van der Waals surface area contributed by atoms with E-state index >= 15 is 0 Å². The van der Waals surface area contributed by atoms with Crippen LogP contribution in [0.1, 0.15) is 33.1 Å². The van der Waals surface area contributed by atoms with Gasteiger partial charge in [0.15, 0.2) is 0 Å². The molecule has 4 unspecified atom stereocenters. The van der Waals surface area contributed by atoms with Gasteiger partial charge in [-0.05, 0) is 30.6 Å². The summed E-state index contributed by atoms with van der Waals surface area (Å²) in [4.78, 5) is 51.8. The SMILES string of the molecule is C\C=C/C(=C\C(=C\OC1CC(O)C(O)C(CO)O1)NC(=O)CCNC(=O)COCCNOC(=O)CCSO)COC(C)=O. The van der Waals surface area contributed by atoms with E-state index in [4.69, 9.17) is 23.5 Å². The smallest absolute Gasteiger partial charge is 0.325 e. The second kappa shape index (κ2) is 22.5. The van der Waals surface area contributed by atoms with Crippen LogP contribution in [0, 0.1) is 0 Å². The summed E-state index contributed by atoms with van der Waals surface area (Å²) in [6, 6.07) is 0. The Morgan fingerprint density at radius 1 is 1.09 bits per heavy atom. The first-order valence-electron chi connectivity index (χ1n) is 13.4. The minimum absolute atomic E-state index is 0.0201. The molecule has 1 rings (SSSR count). The lowest BCUT2D eigenvalue weighted by Crippen LogP contribution is -2.50. The maximum absolute atomic E-state index is 12.6. The molecule has 244 valence electrons. The number of allylic oxidation sites excluding steroid dienone is 2. The van der Waals surface area contributed by atoms with Gasteiger partial charge in [0.2, 0.25) is 18.1 Å². The highest BCUT2D eigenvalue weighted by Gasteiger charge is 2.37. The fraction of sp³-hybridized carbons (Fsp3) is 0.615. The molecule has 0 aromatic rings. The van der Waals surface area contributed by atoms with Gasteiger partial charge >= 0.3 is 11.9 Å². The van der Waals surface area contributed by atoms with Gasteiger partial charge in [0.05, 0.1) is 38.0 Å². The molecule has 17 heteroatoms. The third-order valence-corrected chi connectivity index (χ3v) is 5.74. The standard InChI is InChI=1S/C26H41N3O13S/c1-3-4-18(14-39-17(2)31)11-19(15-40-25-12-20(32)26(36)21(13-30)41-25)29-22(33)5-7-27-23(34)16-38-9-8-28-42-24(35)6-10-43-37/h3-4,11,15,20-21,25-26,28,30,32,36-37H,5-10,12-14,16H2,1-2H3,(H,27,34)(H,29,33)/b4-3-,18-11+,19-15-. The molecule has 0 aliphatic carbocycles. The molecule has 43 heavy (non-hydrogen) atoms. The van der Waals surface area contributed by atoms with E-state index in [9.17, 15) is 34.5 Å². The molecule has 0 bridgehead atoms. The molecule has 1 aliphatic rings. The number of amides is 2. The number of carbonyl (C=O) groups excluding carboxylic acids is 4. The number of aliphatic hydroxyl groups is 3. The molecule has 0 saturated carbocycles. The molecule has 4 atom stereocenters. The Morgan fingerprint density at radius 3 is 2.53 bits per heavy atom. The molecule has 0 spiro atoms. The molecule has 0 radical (unpaired) electrons. The number of hydrogen-bond donors (Lipinski definition) is 7. The van der Waals surface area contributed by atoms with E-state index in [0.717, 1.165) is 6.26 Å². The van der Waals surface area contributed by atoms with Crippen molar-refractivity contribution in [1.29, 1.82) is 0 Å². The van der Waals surface area contributed by atoms with Gasteiger partial charge in [-0.1, -0.05) is 12.2 Å². The topological polar surface area (TPSA) is 231 Å². The van der Waals surface area contributed by atoms with Crippen molar-refractivity contribution in [3.05, 3.63) is 35.8 Å². The molecule has 1 aliphatic heterocycles. The van der Waals surface area contributed by atoms with Gasteiger partial charge in [-0.25, -0.2) is 0 Å². The Morgan fingerprint density at radius 2 is 1.86 bits per heavy atom. The molecule has 1 heterocycles. The van der Waals surface area contributed by atoms with Crippen LogP contribution in [0.5, 0.6) is 0 Å². The van der Waals surface area contributed by atoms with Crippen molar-refractivity contribution in [2.24, 2.45) is 0 Å². The van der Waals surface area contributed by atoms with E-state index in [2.05, 4.69) is 21.0 Å². The maximum atomic E-state index is 12.6. The largest absolute Gasteiger partial charge is 0.470 e. The van der Waals surface area contributed by atoms with Crippen molar-refractivity contribution in [3.63, 3.8) is 0 Å². The molecule has 2 amide bonds. The first-order valence-corrected chi connectivity index (χ1v) is 14.3. The second-order valence-electron chi connectivity index (χ2n) is 8.94. The van der Waals surface area contributed by atoms with Crippen LogP contribution < -0.4 is 16.1 Å². The first kappa shape index (κ1) is 38.0. The highest BCUT2D eigenvalue weighted by Crippen LogP contribution is 2.21. The molecule has 0 aromatic carbocycles. The van der Waals surface area contributed by atoms with Gasteiger partial charge in [0.25, 0.3) is 0 Å². The zero-order valence-electron chi connectivity index (χ0n) is 24.1. The van der Waals surface area contributed by atoms with Crippen LogP contribution in [0.4, 0.5) is 0 Å². The number of hydrogen-bond acceptors (Lipinski definition) is 15. The first-order chi connectivity index (χ1) is 20.6. The van der Waals surface area contributed by atoms with Crippen LogP contribution in [0.25, 0.3) is 0 Å². The highest BCUT2D eigenvalue weighted by molar-refractivity contribution is 7.93. The predicted octanol–water partition coefficient (Wildman–Crippen LogP) is -0.978. The average molecular weight is 636 g/mol. The summed E-state index contributed by atoms with van der Waals surface area (Å²) in [7, 11) is 0. The number of nitrogens with one attached hydrogen (secondary N) is 3. The van der Waals surface area contributed by atoms with Crippen molar-refractivity contribution in [3.8, 4) is 0 Å². The number of rotatable bonds is 20. The van der Waals surface area contributed by atoms with Gasteiger partial charge in [0.1, 0.15) is 31.7 Å². The number of carbonyl (C=O) groups is 4. The average Bonchev–Trinajstić information content (AvgIpc) is 2.96. The van der Waals surface area contributed by atoms with Crippen LogP contribution in [0.15, 0.2) is 35.8 Å². The Bertz CT molecular complexity index is 976. The molecule has 16 nitrogen and oxygen atoms in total. The van der Waals surface area contributed by atoms with E-state index < -0.39 is 55.0 Å². The molecule has 1 saturated heterocycles. The minimum atomic E-state index is -1.29. The highest BCUT2D eigenvalue weighted by atomic mass is 32.2. The van der Waals surface area contributed by atoms with Gasteiger partial charge < -0.3 is 54.3 Å². The number of esters is 1. The molecular formula is C26H41N3O13S. The summed E-state index contributed by atoms with van der Waals surface area (Å²) in [5.41, 5.74) is 3.01. The molecule has 7 N–H and O–H groups in total. The zero-order chi connectivity index (χ0) is 32.0. The van der Waals surface area contributed by atoms with E-state index in [-0.39, 0.29) is 63.6 Å². The van der Waals surface area contributed by atoms with Gasteiger partial charge in [-0.2, -0.15) is 5.48 Å². The molecule has 1 fully saturated rings. The fourth-order valence-corrected chi connectivity index (χ4v) is 3.58. The monoisotopic (exact) mass is 635 g/mol. The van der Waals surface area contributed by atoms with Crippen molar-refractivity contribution >= 4 is 35.8 Å². The summed E-state index contributed by atoms with van der Waals surface area (Å²) < 4.78 is 29.8. The second-order valence-corrected chi connectivity index (χ2v) is 9.61. The van der Waals surface area contributed by atoms with E-state index in [1.807, 2.05) is 0 Å². The Labute approximate surface area is 253 Å². The van der Waals surface area contributed by atoms with Crippen molar-refractivity contribution in [2.45, 2.75) is 57.7 Å². The minimum Gasteiger partial charge on any atom is -0.470 e. The summed E-state index contributed by atoms with van der Waals surface area (Å²) in [6.45, 7) is 2.24. The Hall–Kier alpha value is -3.03. The van der Waals surface area contributed by atoms with Gasteiger partial charge in [0, 0.05) is 32.1 Å². The van der Waals surface area contributed by atoms with Gasteiger partial charge in [-0.3, -0.25) is 19.2 Å². The third-order valence-electron chi connectivity index (χ3n) is 5.35. The lowest BCUT2D eigenvalue weighted by Gasteiger charge is -2.35. The third kappa shape index (κ3) is 17.6.